The standard InChI is InChI=1S/C16H24O3/c1-16(2,18-3)10-11-19-14-9-8-12-6-4-5-7-13(12)15(14)17/h4-7,14-15,17H,8-11H2,1-3H3. The van der Waals surface area contributed by atoms with Gasteiger partial charge in [-0.05, 0) is 44.2 Å². The monoisotopic (exact) mass is 264 g/mol. The highest BCUT2D eigenvalue weighted by molar-refractivity contribution is 5.32. The lowest BCUT2D eigenvalue weighted by molar-refractivity contribution is -0.0718. The number of aliphatic hydroxyl groups excluding tert-OH is 1. The van der Waals surface area contributed by atoms with Crippen LogP contribution in [0.2, 0.25) is 0 Å². The molecular formula is C16H24O3. The highest BCUT2D eigenvalue weighted by Gasteiger charge is 2.28. The summed E-state index contributed by atoms with van der Waals surface area (Å²) in [6, 6.07) is 8.07. The summed E-state index contributed by atoms with van der Waals surface area (Å²) in [4.78, 5) is 0. The van der Waals surface area contributed by atoms with E-state index in [0.29, 0.717) is 6.61 Å². The molecule has 0 bridgehead atoms. The number of benzene rings is 1. The molecule has 3 nitrogen and oxygen atoms in total. The van der Waals surface area contributed by atoms with Crippen LogP contribution in [0.1, 0.15) is 43.9 Å². The summed E-state index contributed by atoms with van der Waals surface area (Å²) in [6.45, 7) is 4.71. The molecule has 3 heteroatoms. The van der Waals surface area contributed by atoms with Crippen LogP contribution in [0.25, 0.3) is 0 Å². The second-order valence-electron chi connectivity index (χ2n) is 5.81. The van der Waals surface area contributed by atoms with Crippen molar-refractivity contribution in [1.29, 1.82) is 0 Å². The predicted octanol–water partition coefficient (Wildman–Crippen LogP) is 2.87. The molecule has 0 fully saturated rings. The highest BCUT2D eigenvalue weighted by atomic mass is 16.5. The zero-order valence-electron chi connectivity index (χ0n) is 12.1. The van der Waals surface area contributed by atoms with Crippen LogP contribution in [0.4, 0.5) is 0 Å². The molecule has 2 unspecified atom stereocenters. The van der Waals surface area contributed by atoms with Crippen LogP contribution in [0.3, 0.4) is 0 Å². The van der Waals surface area contributed by atoms with Crippen molar-refractivity contribution >= 4 is 0 Å². The van der Waals surface area contributed by atoms with E-state index in [-0.39, 0.29) is 11.7 Å². The van der Waals surface area contributed by atoms with Gasteiger partial charge in [0.15, 0.2) is 0 Å². The summed E-state index contributed by atoms with van der Waals surface area (Å²) in [7, 11) is 1.71. The van der Waals surface area contributed by atoms with Gasteiger partial charge in [-0.25, -0.2) is 0 Å². The summed E-state index contributed by atoms with van der Waals surface area (Å²) in [6.07, 6.45) is 2.09. The maximum absolute atomic E-state index is 10.4. The topological polar surface area (TPSA) is 38.7 Å². The first-order valence-corrected chi connectivity index (χ1v) is 6.96. The van der Waals surface area contributed by atoms with Gasteiger partial charge in [0.25, 0.3) is 0 Å². The molecule has 2 rings (SSSR count). The van der Waals surface area contributed by atoms with Crippen LogP contribution in [-0.2, 0) is 15.9 Å². The van der Waals surface area contributed by atoms with Gasteiger partial charge >= 0.3 is 0 Å². The van der Waals surface area contributed by atoms with Crippen LogP contribution < -0.4 is 0 Å². The number of fused-ring (bicyclic) bond motifs is 1. The summed E-state index contributed by atoms with van der Waals surface area (Å²) in [5.41, 5.74) is 2.09. The van der Waals surface area contributed by atoms with Crippen molar-refractivity contribution in [3.8, 4) is 0 Å². The quantitative estimate of drug-likeness (QED) is 0.888. The molecule has 0 aliphatic heterocycles. The first kappa shape index (κ1) is 14.5. The fourth-order valence-corrected chi connectivity index (χ4v) is 2.44. The molecule has 1 aliphatic rings. The number of rotatable bonds is 5. The van der Waals surface area contributed by atoms with Crippen molar-refractivity contribution in [3.63, 3.8) is 0 Å². The lowest BCUT2D eigenvalue weighted by Crippen LogP contribution is -2.31. The van der Waals surface area contributed by atoms with E-state index >= 15 is 0 Å². The van der Waals surface area contributed by atoms with Gasteiger partial charge < -0.3 is 14.6 Å². The number of hydrogen-bond donors (Lipinski definition) is 1. The SMILES string of the molecule is COC(C)(C)CCOC1CCc2ccccc2C1O. The molecule has 0 saturated carbocycles. The average Bonchev–Trinajstić information content (AvgIpc) is 2.42. The van der Waals surface area contributed by atoms with Gasteiger partial charge in [-0.15, -0.1) is 0 Å². The summed E-state index contributed by atoms with van der Waals surface area (Å²) in [5, 5.41) is 10.4. The van der Waals surface area contributed by atoms with Gasteiger partial charge in [0.05, 0.1) is 11.7 Å². The molecule has 1 aliphatic carbocycles. The van der Waals surface area contributed by atoms with Gasteiger partial charge in [-0.2, -0.15) is 0 Å². The second kappa shape index (κ2) is 6.04. The van der Waals surface area contributed by atoms with Crippen LogP contribution in [0.5, 0.6) is 0 Å². The third-order valence-electron chi connectivity index (χ3n) is 4.01. The van der Waals surface area contributed by atoms with Crippen molar-refractivity contribution in [2.24, 2.45) is 0 Å². The molecule has 106 valence electrons. The number of ether oxygens (including phenoxy) is 2. The lowest BCUT2D eigenvalue weighted by Gasteiger charge is -2.31. The summed E-state index contributed by atoms with van der Waals surface area (Å²) in [5.74, 6) is 0. The Morgan fingerprint density at radius 1 is 1.32 bits per heavy atom. The van der Waals surface area contributed by atoms with Crippen LogP contribution in [0, 0.1) is 0 Å². The van der Waals surface area contributed by atoms with Gasteiger partial charge in [-0.1, -0.05) is 24.3 Å². The normalized spacial score (nSPS) is 23.2. The third kappa shape index (κ3) is 3.56. The first-order valence-electron chi connectivity index (χ1n) is 6.96. The van der Waals surface area contributed by atoms with E-state index in [1.807, 2.05) is 32.0 Å². The van der Waals surface area contributed by atoms with Crippen molar-refractivity contribution in [3.05, 3.63) is 35.4 Å². The van der Waals surface area contributed by atoms with E-state index in [1.165, 1.54) is 5.56 Å². The fourth-order valence-electron chi connectivity index (χ4n) is 2.44. The fraction of sp³-hybridized carbons (Fsp3) is 0.625. The molecule has 0 amide bonds. The first-order chi connectivity index (χ1) is 9.03. The minimum atomic E-state index is -0.504. The largest absolute Gasteiger partial charge is 0.386 e. The Morgan fingerprint density at radius 3 is 2.79 bits per heavy atom. The van der Waals surface area contributed by atoms with Crippen LogP contribution in [-0.4, -0.2) is 30.5 Å². The predicted molar refractivity (Wildman–Crippen MR) is 75.2 cm³/mol. The molecule has 0 aromatic heterocycles. The Morgan fingerprint density at radius 2 is 2.05 bits per heavy atom. The van der Waals surface area contributed by atoms with E-state index in [0.717, 1.165) is 24.8 Å². The Labute approximate surface area is 115 Å². The van der Waals surface area contributed by atoms with Gasteiger partial charge in [0.1, 0.15) is 6.10 Å². The highest BCUT2D eigenvalue weighted by Crippen LogP contribution is 2.31. The van der Waals surface area contributed by atoms with E-state index < -0.39 is 6.10 Å². The second-order valence-corrected chi connectivity index (χ2v) is 5.81. The molecule has 1 N–H and O–H groups in total. The molecule has 0 radical (unpaired) electrons. The van der Waals surface area contributed by atoms with Gasteiger partial charge in [0, 0.05) is 13.7 Å². The van der Waals surface area contributed by atoms with E-state index in [4.69, 9.17) is 9.47 Å². The molecular weight excluding hydrogens is 240 g/mol. The van der Waals surface area contributed by atoms with Gasteiger partial charge in [-0.3, -0.25) is 0 Å². The Balaban J connectivity index is 1.90. The molecule has 0 saturated heterocycles. The molecule has 1 aromatic carbocycles. The zero-order valence-corrected chi connectivity index (χ0v) is 12.1. The zero-order chi connectivity index (χ0) is 13.9. The van der Waals surface area contributed by atoms with E-state index in [1.54, 1.807) is 7.11 Å². The van der Waals surface area contributed by atoms with E-state index in [2.05, 4.69) is 6.07 Å². The maximum Gasteiger partial charge on any atom is 0.105 e. The minimum Gasteiger partial charge on any atom is -0.386 e. The van der Waals surface area contributed by atoms with Crippen molar-refractivity contribution in [2.45, 2.75) is 50.9 Å². The summed E-state index contributed by atoms with van der Waals surface area (Å²) >= 11 is 0. The van der Waals surface area contributed by atoms with Crippen molar-refractivity contribution < 1.29 is 14.6 Å². The van der Waals surface area contributed by atoms with E-state index in [9.17, 15) is 5.11 Å². The van der Waals surface area contributed by atoms with Crippen LogP contribution in [0.15, 0.2) is 24.3 Å². The van der Waals surface area contributed by atoms with Crippen molar-refractivity contribution in [1.82, 2.24) is 0 Å². The molecule has 0 spiro atoms. The summed E-state index contributed by atoms with van der Waals surface area (Å²) < 4.78 is 11.2. The minimum absolute atomic E-state index is 0.0949. The smallest absolute Gasteiger partial charge is 0.105 e. The Kier molecular flexibility index (Phi) is 4.61. The number of hydrogen-bond acceptors (Lipinski definition) is 3. The third-order valence-corrected chi connectivity index (χ3v) is 4.01. The maximum atomic E-state index is 10.4. The Bertz CT molecular complexity index is 414. The molecule has 19 heavy (non-hydrogen) atoms. The van der Waals surface area contributed by atoms with Gasteiger partial charge in [0.2, 0.25) is 0 Å². The van der Waals surface area contributed by atoms with Crippen LogP contribution >= 0.6 is 0 Å². The molecule has 0 heterocycles. The average molecular weight is 264 g/mol. The Hall–Kier alpha value is -0.900. The van der Waals surface area contributed by atoms with Crippen molar-refractivity contribution in [2.75, 3.05) is 13.7 Å². The molecule has 1 aromatic rings. The molecule has 2 atom stereocenters. The lowest BCUT2D eigenvalue weighted by atomic mass is 9.87. The number of aliphatic hydroxyl groups is 1. The number of methoxy groups -OCH3 is 1. The number of aryl methyl sites for hydroxylation is 1.